The number of halogens is 1. The molecule has 0 bridgehead atoms. The fourth-order valence-corrected chi connectivity index (χ4v) is 4.77. The number of benzene rings is 3. The van der Waals surface area contributed by atoms with Crippen LogP contribution in [0.5, 0.6) is 5.75 Å². The molecule has 0 amide bonds. The van der Waals surface area contributed by atoms with E-state index in [4.69, 9.17) is 4.42 Å². The number of aromatic nitrogens is 1. The zero-order chi connectivity index (χ0) is 23.8. The Morgan fingerprint density at radius 1 is 0.882 bits per heavy atom. The third kappa shape index (κ3) is 3.70. The van der Waals surface area contributed by atoms with Crippen molar-refractivity contribution in [3.63, 3.8) is 0 Å². The van der Waals surface area contributed by atoms with Crippen molar-refractivity contribution in [3.8, 4) is 22.7 Å². The van der Waals surface area contributed by atoms with Crippen molar-refractivity contribution in [1.29, 1.82) is 0 Å². The third-order valence-corrected chi connectivity index (χ3v) is 6.56. The van der Waals surface area contributed by atoms with Gasteiger partial charge in [0.1, 0.15) is 16.1 Å². The van der Waals surface area contributed by atoms with Gasteiger partial charge in [0.15, 0.2) is 11.3 Å². The lowest BCUT2D eigenvalue weighted by Crippen LogP contribution is -2.23. The molecule has 3 aromatic carbocycles. The maximum absolute atomic E-state index is 13.8. The van der Waals surface area contributed by atoms with Crippen molar-refractivity contribution in [2.75, 3.05) is 0 Å². The van der Waals surface area contributed by atoms with Crippen molar-refractivity contribution >= 4 is 22.7 Å². The van der Waals surface area contributed by atoms with Crippen molar-refractivity contribution < 1.29 is 13.9 Å². The highest BCUT2D eigenvalue weighted by atomic mass is 32.2. The molecule has 0 aliphatic carbocycles. The van der Waals surface area contributed by atoms with Gasteiger partial charge in [0.25, 0.3) is 5.56 Å². The zero-order valence-electron chi connectivity index (χ0n) is 18.0. The Balaban J connectivity index is 1.85. The molecule has 0 radical (unpaired) electrons. The van der Waals surface area contributed by atoms with Gasteiger partial charge in [-0.1, -0.05) is 60.3 Å². The fraction of sp³-hybridized carbons (Fsp3) is 0.0370. The van der Waals surface area contributed by atoms with Crippen LogP contribution in [0.25, 0.3) is 27.9 Å². The third-order valence-electron chi connectivity index (χ3n) is 5.49. The minimum Gasteiger partial charge on any atom is -0.505 e. The number of pyridine rings is 1. The number of hydrogen-bond acceptors (Lipinski definition) is 5. The normalized spacial score (nSPS) is 11.1. The second kappa shape index (κ2) is 8.68. The van der Waals surface area contributed by atoms with Gasteiger partial charge in [-0.15, -0.1) is 0 Å². The predicted molar refractivity (Wildman–Crippen MR) is 130 cm³/mol. The Kier molecular flexibility index (Phi) is 5.55. The van der Waals surface area contributed by atoms with E-state index < -0.39 is 22.8 Å². The lowest BCUT2D eigenvalue weighted by atomic mass is 10.0. The van der Waals surface area contributed by atoms with Gasteiger partial charge in [-0.2, -0.15) is 0 Å². The Morgan fingerprint density at radius 2 is 1.50 bits per heavy atom. The second-order valence-electron chi connectivity index (χ2n) is 7.64. The molecule has 0 saturated carbocycles. The highest BCUT2D eigenvalue weighted by molar-refractivity contribution is 7.99. The van der Waals surface area contributed by atoms with Crippen molar-refractivity contribution in [2.24, 2.45) is 0 Å². The van der Waals surface area contributed by atoms with Crippen LogP contribution in [0.4, 0.5) is 4.39 Å². The number of rotatable bonds is 4. The van der Waals surface area contributed by atoms with Gasteiger partial charge in [0, 0.05) is 16.1 Å². The Labute approximate surface area is 197 Å². The molecular formula is C27H18FNO4S. The Bertz CT molecular complexity index is 1630. The summed E-state index contributed by atoms with van der Waals surface area (Å²) in [4.78, 5) is 27.1. The van der Waals surface area contributed by atoms with Gasteiger partial charge in [-0.3, -0.25) is 9.36 Å². The molecule has 5 rings (SSSR count). The number of fused-ring (bicyclic) bond motifs is 1. The molecule has 0 unspecified atom stereocenters. The molecular weight excluding hydrogens is 453 g/mol. The largest absolute Gasteiger partial charge is 0.505 e. The molecule has 1 N–H and O–H groups in total. The molecule has 34 heavy (non-hydrogen) atoms. The summed E-state index contributed by atoms with van der Waals surface area (Å²) < 4.78 is 20.4. The van der Waals surface area contributed by atoms with E-state index in [-0.39, 0.29) is 15.9 Å². The number of nitrogens with zero attached hydrogens (tertiary/aromatic N) is 1. The molecule has 2 aromatic heterocycles. The molecule has 0 aliphatic rings. The molecule has 0 aliphatic heterocycles. The first-order chi connectivity index (χ1) is 16.5. The van der Waals surface area contributed by atoms with Crippen LogP contribution in [0, 0.1) is 12.7 Å². The van der Waals surface area contributed by atoms with E-state index in [1.165, 1.54) is 28.8 Å². The highest BCUT2D eigenvalue weighted by Crippen LogP contribution is 2.38. The zero-order valence-corrected chi connectivity index (χ0v) is 18.8. The van der Waals surface area contributed by atoms with Gasteiger partial charge in [0.05, 0.1) is 5.69 Å². The number of aryl methyl sites for hydroxylation is 1. The minimum atomic E-state index is -0.779. The van der Waals surface area contributed by atoms with E-state index in [0.717, 1.165) is 17.3 Å². The first kappa shape index (κ1) is 21.7. The Morgan fingerprint density at radius 3 is 2.15 bits per heavy atom. The summed E-state index contributed by atoms with van der Waals surface area (Å²) in [5.41, 5.74) is 1.19. The summed E-state index contributed by atoms with van der Waals surface area (Å²) in [6.07, 6.45) is 0. The van der Waals surface area contributed by atoms with Gasteiger partial charge in [0.2, 0.25) is 0 Å². The van der Waals surface area contributed by atoms with Crippen LogP contribution >= 0.6 is 11.8 Å². The predicted octanol–water partition coefficient (Wildman–Crippen LogP) is 5.92. The van der Waals surface area contributed by atoms with Gasteiger partial charge in [-0.25, -0.2) is 9.18 Å². The standard InChI is InChI=1S/C27H18FNO4S/c1-16-22(17-8-4-2-5-9-17)29(19-10-6-3-7-11-19)26(31)21-23(30)25(27(32)33-24(16)21)34-20-14-12-18(28)13-15-20/h2-15,30H,1H3. The summed E-state index contributed by atoms with van der Waals surface area (Å²) in [6, 6.07) is 23.8. The Hall–Kier alpha value is -4.10. The average Bonchev–Trinajstić information content (AvgIpc) is 2.85. The first-order valence-corrected chi connectivity index (χ1v) is 11.3. The molecule has 0 atom stereocenters. The van der Waals surface area contributed by atoms with Crippen molar-refractivity contribution in [3.05, 3.63) is 117 Å². The highest BCUT2D eigenvalue weighted by Gasteiger charge is 2.25. The van der Waals surface area contributed by atoms with Crippen molar-refractivity contribution in [2.45, 2.75) is 16.7 Å². The van der Waals surface area contributed by atoms with Crippen LogP contribution in [0.15, 0.2) is 109 Å². The fourth-order valence-electron chi connectivity index (χ4n) is 3.93. The summed E-state index contributed by atoms with van der Waals surface area (Å²) in [6.45, 7) is 1.75. The van der Waals surface area contributed by atoms with Crippen LogP contribution < -0.4 is 11.2 Å². The second-order valence-corrected chi connectivity index (χ2v) is 8.73. The molecule has 0 spiro atoms. The van der Waals surface area contributed by atoms with E-state index in [0.29, 0.717) is 21.8 Å². The maximum Gasteiger partial charge on any atom is 0.354 e. The lowest BCUT2D eigenvalue weighted by molar-refractivity contribution is 0.445. The van der Waals surface area contributed by atoms with Crippen LogP contribution in [0.1, 0.15) is 5.56 Å². The quantitative estimate of drug-likeness (QED) is 0.353. The molecule has 0 saturated heterocycles. The van der Waals surface area contributed by atoms with Crippen LogP contribution in [0.2, 0.25) is 0 Å². The van der Waals surface area contributed by atoms with Gasteiger partial charge >= 0.3 is 5.63 Å². The van der Waals surface area contributed by atoms with Crippen molar-refractivity contribution in [1.82, 2.24) is 4.57 Å². The van der Waals surface area contributed by atoms with E-state index in [9.17, 15) is 19.1 Å². The average molecular weight is 472 g/mol. The maximum atomic E-state index is 13.8. The number of aromatic hydroxyl groups is 1. The molecule has 5 aromatic rings. The number of para-hydroxylation sites is 1. The summed E-state index contributed by atoms with van der Waals surface area (Å²) in [5, 5.41) is 11.0. The van der Waals surface area contributed by atoms with Crippen LogP contribution in [-0.4, -0.2) is 9.67 Å². The molecule has 2 heterocycles. The lowest BCUT2D eigenvalue weighted by Gasteiger charge is -2.18. The monoisotopic (exact) mass is 471 g/mol. The molecule has 5 nitrogen and oxygen atoms in total. The van der Waals surface area contributed by atoms with E-state index in [2.05, 4.69) is 0 Å². The molecule has 168 valence electrons. The summed E-state index contributed by atoms with van der Waals surface area (Å²) in [5.74, 6) is -0.883. The smallest absolute Gasteiger partial charge is 0.354 e. The SMILES string of the molecule is Cc1c(-c2ccccc2)n(-c2ccccc2)c(=O)c2c(O)c(Sc3ccc(F)cc3)c(=O)oc12. The topological polar surface area (TPSA) is 72.4 Å². The van der Waals surface area contributed by atoms with Gasteiger partial charge < -0.3 is 9.52 Å². The van der Waals surface area contributed by atoms with E-state index in [1.807, 2.05) is 48.5 Å². The van der Waals surface area contributed by atoms with Crippen LogP contribution in [0.3, 0.4) is 0 Å². The van der Waals surface area contributed by atoms with Gasteiger partial charge in [-0.05, 0) is 48.9 Å². The molecule has 0 fully saturated rings. The van der Waals surface area contributed by atoms with E-state index in [1.54, 1.807) is 19.1 Å². The number of hydrogen-bond donors (Lipinski definition) is 1. The van der Waals surface area contributed by atoms with Crippen LogP contribution in [-0.2, 0) is 0 Å². The van der Waals surface area contributed by atoms with E-state index >= 15 is 0 Å². The summed E-state index contributed by atoms with van der Waals surface area (Å²) in [7, 11) is 0. The minimum absolute atomic E-state index is 0.0296. The molecule has 7 heteroatoms. The summed E-state index contributed by atoms with van der Waals surface area (Å²) >= 11 is 0.910. The first-order valence-electron chi connectivity index (χ1n) is 10.5.